The van der Waals surface area contributed by atoms with E-state index in [9.17, 15) is 4.79 Å². The van der Waals surface area contributed by atoms with Crippen LogP contribution in [0.25, 0.3) is 0 Å². The lowest BCUT2D eigenvalue weighted by Gasteiger charge is -2.21. The van der Waals surface area contributed by atoms with Crippen LogP contribution < -0.4 is 5.32 Å². The van der Waals surface area contributed by atoms with Crippen molar-refractivity contribution in [2.24, 2.45) is 0 Å². The number of carbonyl (C=O) groups is 1. The van der Waals surface area contributed by atoms with E-state index in [-0.39, 0.29) is 5.91 Å². The summed E-state index contributed by atoms with van der Waals surface area (Å²) in [5.74, 6) is 0.112. The summed E-state index contributed by atoms with van der Waals surface area (Å²) in [5.41, 5.74) is 0. The van der Waals surface area contributed by atoms with E-state index in [1.54, 1.807) is 11.3 Å². The third-order valence-electron chi connectivity index (χ3n) is 3.48. The minimum Gasteiger partial charge on any atom is -0.352 e. The Bertz CT molecular complexity index is 454. The van der Waals surface area contributed by atoms with Crippen molar-refractivity contribution in [3.05, 3.63) is 34.0 Å². The number of carbonyl (C=O) groups excluding carboxylic acids is 1. The average Bonchev–Trinajstić information content (AvgIpc) is 3.01. The van der Waals surface area contributed by atoms with Crippen molar-refractivity contribution >= 4 is 28.8 Å². The van der Waals surface area contributed by atoms with Gasteiger partial charge in [-0.1, -0.05) is 30.5 Å². The minimum absolute atomic E-state index is 0.112. The molecule has 1 fully saturated rings. The molecule has 110 valence electrons. The van der Waals surface area contributed by atoms with E-state index in [1.165, 1.54) is 17.7 Å². The lowest BCUT2D eigenvalue weighted by Crippen LogP contribution is -2.40. The van der Waals surface area contributed by atoms with Crippen LogP contribution in [0.2, 0.25) is 4.34 Å². The molecule has 3 nitrogen and oxygen atoms in total. The molecule has 1 saturated carbocycles. The molecule has 1 amide bonds. The molecule has 0 bridgehead atoms. The van der Waals surface area contributed by atoms with Gasteiger partial charge in [-0.3, -0.25) is 9.69 Å². The predicted octanol–water partition coefficient (Wildman–Crippen LogP) is 3.45. The second-order valence-corrected chi connectivity index (χ2v) is 7.01. The topological polar surface area (TPSA) is 32.3 Å². The maximum Gasteiger partial charge on any atom is 0.234 e. The normalized spacial score (nSPS) is 15.7. The van der Waals surface area contributed by atoms with Gasteiger partial charge in [-0.15, -0.1) is 17.9 Å². The smallest absolute Gasteiger partial charge is 0.234 e. The number of hydrogen-bond donors (Lipinski definition) is 1. The van der Waals surface area contributed by atoms with E-state index in [4.69, 9.17) is 11.6 Å². The summed E-state index contributed by atoms with van der Waals surface area (Å²) in [6.45, 7) is 5.62. The third kappa shape index (κ3) is 4.93. The number of nitrogens with zero attached hydrogens (tertiary/aromatic N) is 1. The van der Waals surface area contributed by atoms with Crippen LogP contribution in [0.5, 0.6) is 0 Å². The molecule has 1 aliphatic carbocycles. The van der Waals surface area contributed by atoms with E-state index in [0.29, 0.717) is 19.1 Å². The standard InChI is InChI=1S/C15H21ClN2OS/c1-2-9-18(10-13-7-8-14(16)20-13)11-15(19)17-12-5-3-4-6-12/h2,7-8,12H,1,3-6,9-11H2,(H,17,19). The molecule has 1 aromatic heterocycles. The first-order chi connectivity index (χ1) is 9.67. The van der Waals surface area contributed by atoms with Gasteiger partial charge in [0.2, 0.25) is 5.91 Å². The summed E-state index contributed by atoms with van der Waals surface area (Å²) in [6, 6.07) is 4.29. The van der Waals surface area contributed by atoms with Crippen LogP contribution in [0, 0.1) is 0 Å². The van der Waals surface area contributed by atoms with Gasteiger partial charge < -0.3 is 5.32 Å². The number of halogens is 1. The predicted molar refractivity (Wildman–Crippen MR) is 85.2 cm³/mol. The third-order valence-corrected chi connectivity index (χ3v) is 4.70. The Labute approximate surface area is 129 Å². The Morgan fingerprint density at radius 3 is 2.85 bits per heavy atom. The highest BCUT2D eigenvalue weighted by Gasteiger charge is 2.18. The highest BCUT2D eigenvalue weighted by atomic mass is 35.5. The molecule has 2 rings (SSSR count). The Hall–Kier alpha value is -0.840. The molecule has 0 aromatic carbocycles. The van der Waals surface area contributed by atoms with Crippen LogP contribution in [0.4, 0.5) is 0 Å². The van der Waals surface area contributed by atoms with Gasteiger partial charge in [0.25, 0.3) is 0 Å². The molecule has 0 saturated heterocycles. The van der Waals surface area contributed by atoms with Crippen LogP contribution in [-0.4, -0.2) is 29.9 Å². The fraction of sp³-hybridized carbons (Fsp3) is 0.533. The van der Waals surface area contributed by atoms with Gasteiger partial charge in [-0.2, -0.15) is 0 Å². The Morgan fingerprint density at radius 2 is 2.25 bits per heavy atom. The minimum atomic E-state index is 0.112. The molecular weight excluding hydrogens is 292 g/mol. The molecule has 0 unspecified atom stereocenters. The van der Waals surface area contributed by atoms with Crippen molar-refractivity contribution in [3.63, 3.8) is 0 Å². The van der Waals surface area contributed by atoms with E-state index >= 15 is 0 Å². The molecule has 0 atom stereocenters. The summed E-state index contributed by atoms with van der Waals surface area (Å²) in [7, 11) is 0. The van der Waals surface area contributed by atoms with E-state index in [2.05, 4.69) is 16.8 Å². The zero-order valence-corrected chi connectivity index (χ0v) is 13.2. The van der Waals surface area contributed by atoms with E-state index < -0.39 is 0 Å². The number of rotatable bonds is 7. The highest BCUT2D eigenvalue weighted by molar-refractivity contribution is 7.16. The van der Waals surface area contributed by atoms with Crippen LogP contribution in [0.3, 0.4) is 0 Å². The lowest BCUT2D eigenvalue weighted by molar-refractivity contribution is -0.122. The SMILES string of the molecule is C=CCN(CC(=O)NC1CCCC1)Cc1ccc(Cl)s1. The van der Waals surface area contributed by atoms with Gasteiger partial charge >= 0.3 is 0 Å². The summed E-state index contributed by atoms with van der Waals surface area (Å²) in [4.78, 5) is 15.3. The fourth-order valence-electron chi connectivity index (χ4n) is 2.57. The maximum atomic E-state index is 12.1. The molecule has 1 aliphatic rings. The highest BCUT2D eigenvalue weighted by Crippen LogP contribution is 2.22. The molecule has 1 aromatic rings. The summed E-state index contributed by atoms with van der Waals surface area (Å²) in [5, 5.41) is 3.12. The Morgan fingerprint density at radius 1 is 1.50 bits per heavy atom. The largest absolute Gasteiger partial charge is 0.352 e. The number of hydrogen-bond acceptors (Lipinski definition) is 3. The number of amides is 1. The first kappa shape index (κ1) is 15.5. The van der Waals surface area contributed by atoms with Crippen molar-refractivity contribution in [1.29, 1.82) is 0 Å². The maximum absolute atomic E-state index is 12.1. The van der Waals surface area contributed by atoms with Crippen molar-refractivity contribution in [2.45, 2.75) is 38.3 Å². The first-order valence-electron chi connectivity index (χ1n) is 7.04. The fourth-order valence-corrected chi connectivity index (χ4v) is 3.70. The zero-order chi connectivity index (χ0) is 14.4. The summed E-state index contributed by atoms with van der Waals surface area (Å²) >= 11 is 7.50. The molecule has 20 heavy (non-hydrogen) atoms. The van der Waals surface area contributed by atoms with Gasteiger partial charge in [0.1, 0.15) is 0 Å². The lowest BCUT2D eigenvalue weighted by atomic mass is 10.2. The van der Waals surface area contributed by atoms with Crippen LogP contribution in [0.15, 0.2) is 24.8 Å². The Kier molecular flexibility index (Phi) is 6.07. The average molecular weight is 313 g/mol. The molecule has 1 heterocycles. The van der Waals surface area contributed by atoms with Gasteiger partial charge in [0.05, 0.1) is 10.9 Å². The van der Waals surface area contributed by atoms with Crippen molar-refractivity contribution < 1.29 is 4.79 Å². The molecule has 0 radical (unpaired) electrons. The molecule has 0 aliphatic heterocycles. The molecule has 0 spiro atoms. The van der Waals surface area contributed by atoms with Crippen LogP contribution >= 0.6 is 22.9 Å². The quantitative estimate of drug-likeness (QED) is 0.782. The van der Waals surface area contributed by atoms with Gasteiger partial charge in [-0.05, 0) is 25.0 Å². The second kappa shape index (κ2) is 7.81. The number of nitrogens with one attached hydrogen (secondary N) is 1. The van der Waals surface area contributed by atoms with E-state index in [1.807, 2.05) is 18.2 Å². The zero-order valence-electron chi connectivity index (χ0n) is 11.6. The molecule has 5 heteroatoms. The van der Waals surface area contributed by atoms with Gasteiger partial charge in [-0.25, -0.2) is 0 Å². The monoisotopic (exact) mass is 312 g/mol. The van der Waals surface area contributed by atoms with E-state index in [0.717, 1.165) is 23.7 Å². The summed E-state index contributed by atoms with van der Waals surface area (Å²) < 4.78 is 0.786. The second-order valence-electron chi connectivity index (χ2n) is 5.21. The van der Waals surface area contributed by atoms with Crippen molar-refractivity contribution in [2.75, 3.05) is 13.1 Å². The molecular formula is C15H21ClN2OS. The van der Waals surface area contributed by atoms with Crippen molar-refractivity contribution in [1.82, 2.24) is 10.2 Å². The van der Waals surface area contributed by atoms with Crippen molar-refractivity contribution in [3.8, 4) is 0 Å². The van der Waals surface area contributed by atoms with Crippen LogP contribution in [-0.2, 0) is 11.3 Å². The Balaban J connectivity index is 1.84. The number of thiophene rings is 1. The first-order valence-corrected chi connectivity index (χ1v) is 8.23. The summed E-state index contributed by atoms with van der Waals surface area (Å²) in [6.07, 6.45) is 6.53. The van der Waals surface area contributed by atoms with Crippen LogP contribution in [0.1, 0.15) is 30.6 Å². The molecule has 1 N–H and O–H groups in total. The van der Waals surface area contributed by atoms with Gasteiger partial charge in [0.15, 0.2) is 0 Å². The van der Waals surface area contributed by atoms with Gasteiger partial charge in [0, 0.05) is 24.0 Å².